The van der Waals surface area contributed by atoms with E-state index in [9.17, 15) is 24.8 Å². The van der Waals surface area contributed by atoms with Crippen LogP contribution >= 0.6 is 11.8 Å². The summed E-state index contributed by atoms with van der Waals surface area (Å²) < 4.78 is 10.7. The van der Waals surface area contributed by atoms with Crippen LogP contribution < -0.4 is 0 Å². The van der Waals surface area contributed by atoms with Crippen LogP contribution in [0.15, 0.2) is 62.0 Å². The van der Waals surface area contributed by atoms with Gasteiger partial charge in [-0.1, -0.05) is 18.7 Å². The molecule has 1 N–H and O–H groups in total. The number of carbonyl (C=O) groups excluding carboxylic acids is 2. The van der Waals surface area contributed by atoms with Gasteiger partial charge < -0.3 is 14.3 Å². The summed E-state index contributed by atoms with van der Waals surface area (Å²) in [5, 5.41) is 21.4. The molecule has 31 heavy (non-hydrogen) atoms. The minimum Gasteiger partial charge on any atom is -0.506 e. The van der Waals surface area contributed by atoms with Crippen LogP contribution in [0.25, 0.3) is 17.4 Å². The van der Waals surface area contributed by atoms with Gasteiger partial charge in [0.15, 0.2) is 0 Å². The van der Waals surface area contributed by atoms with Crippen LogP contribution in [-0.4, -0.2) is 33.6 Å². The summed E-state index contributed by atoms with van der Waals surface area (Å²) in [5.74, 6) is -0.719. The average Bonchev–Trinajstić information content (AvgIpc) is 3.33. The molecule has 9 nitrogen and oxygen atoms in total. The fourth-order valence-corrected chi connectivity index (χ4v) is 3.66. The van der Waals surface area contributed by atoms with Crippen molar-refractivity contribution in [3.05, 3.63) is 68.5 Å². The number of hydrogen-bond acceptors (Lipinski definition) is 8. The molecule has 0 aliphatic carbocycles. The summed E-state index contributed by atoms with van der Waals surface area (Å²) in [5.41, 5.74) is 0.439. The van der Waals surface area contributed by atoms with E-state index in [0.29, 0.717) is 17.1 Å². The van der Waals surface area contributed by atoms with Gasteiger partial charge in [-0.3, -0.25) is 14.9 Å². The SMILES string of the molecule is CCOC(=O)C1=C(O)/C(=C/c2ccc(-c3ccc([N+](=O)[O-])cc3)o2)SC1=NC(=O)CC. The van der Waals surface area contributed by atoms with Crippen molar-refractivity contribution in [2.75, 3.05) is 6.61 Å². The lowest BCUT2D eigenvalue weighted by molar-refractivity contribution is -0.384. The van der Waals surface area contributed by atoms with Gasteiger partial charge in [-0.05, 0) is 37.3 Å². The van der Waals surface area contributed by atoms with Gasteiger partial charge in [0.1, 0.15) is 27.9 Å². The summed E-state index contributed by atoms with van der Waals surface area (Å²) in [7, 11) is 0. The number of non-ortho nitro benzene ring substituents is 1. The number of nitro benzene ring substituents is 1. The number of nitro groups is 1. The van der Waals surface area contributed by atoms with Crippen LogP contribution in [0.4, 0.5) is 5.69 Å². The zero-order valence-corrected chi connectivity index (χ0v) is 17.5. The molecule has 160 valence electrons. The van der Waals surface area contributed by atoms with E-state index >= 15 is 0 Å². The lowest BCUT2D eigenvalue weighted by Crippen LogP contribution is -2.14. The number of thioether (sulfide) groups is 1. The Hall–Kier alpha value is -3.66. The smallest absolute Gasteiger partial charge is 0.344 e. The van der Waals surface area contributed by atoms with Crippen molar-refractivity contribution < 1.29 is 28.8 Å². The third-order valence-electron chi connectivity index (χ3n) is 4.16. The molecule has 0 spiro atoms. The highest BCUT2D eigenvalue weighted by molar-refractivity contribution is 8.18. The Balaban J connectivity index is 1.92. The van der Waals surface area contributed by atoms with Gasteiger partial charge in [-0.15, -0.1) is 0 Å². The first kappa shape index (κ1) is 22.0. The second-order valence-electron chi connectivity index (χ2n) is 6.22. The average molecular weight is 442 g/mol. The fourth-order valence-electron chi connectivity index (χ4n) is 2.65. The second-order valence-corrected chi connectivity index (χ2v) is 7.26. The van der Waals surface area contributed by atoms with Crippen molar-refractivity contribution in [1.82, 2.24) is 0 Å². The highest BCUT2D eigenvalue weighted by atomic mass is 32.2. The molecule has 0 unspecified atom stereocenters. The van der Waals surface area contributed by atoms with E-state index in [4.69, 9.17) is 9.15 Å². The number of benzene rings is 1. The van der Waals surface area contributed by atoms with Gasteiger partial charge in [0.05, 0.1) is 16.4 Å². The van der Waals surface area contributed by atoms with Gasteiger partial charge in [-0.25, -0.2) is 9.79 Å². The van der Waals surface area contributed by atoms with Gasteiger partial charge in [0.25, 0.3) is 5.69 Å². The molecule has 3 rings (SSSR count). The van der Waals surface area contributed by atoms with Crippen LogP contribution in [0.3, 0.4) is 0 Å². The predicted molar refractivity (Wildman–Crippen MR) is 115 cm³/mol. The highest BCUT2D eigenvalue weighted by Gasteiger charge is 2.33. The van der Waals surface area contributed by atoms with E-state index in [1.165, 1.54) is 18.2 Å². The number of nitrogens with zero attached hydrogens (tertiary/aromatic N) is 2. The van der Waals surface area contributed by atoms with E-state index in [1.807, 2.05) is 0 Å². The predicted octanol–water partition coefficient (Wildman–Crippen LogP) is 4.65. The van der Waals surface area contributed by atoms with E-state index in [-0.39, 0.29) is 40.0 Å². The zero-order valence-electron chi connectivity index (χ0n) is 16.7. The van der Waals surface area contributed by atoms with Crippen molar-refractivity contribution in [2.45, 2.75) is 20.3 Å². The molecule has 0 saturated carbocycles. The van der Waals surface area contributed by atoms with Gasteiger partial charge in [0, 0.05) is 24.1 Å². The standard InChI is InChI=1S/C21H18N2O7S/c1-3-17(24)22-20-18(21(26)29-4-2)19(25)16(31-20)11-14-9-10-15(30-14)12-5-7-13(8-6-12)23(27)28/h5-11,25H,3-4H2,1-2H3/b16-11-,22-20?. The number of esters is 1. The topological polar surface area (TPSA) is 132 Å². The Kier molecular flexibility index (Phi) is 6.71. The fraction of sp³-hybridized carbons (Fsp3) is 0.190. The van der Waals surface area contributed by atoms with Crippen LogP contribution in [0.1, 0.15) is 26.0 Å². The maximum atomic E-state index is 12.3. The number of aliphatic hydroxyl groups excluding tert-OH is 1. The molecule has 1 aromatic heterocycles. The number of amides is 1. The van der Waals surface area contributed by atoms with Gasteiger partial charge >= 0.3 is 5.97 Å². The minimum absolute atomic E-state index is 0.0324. The molecular formula is C21H18N2O7S. The number of furan rings is 1. The molecule has 2 aromatic rings. The normalized spacial score (nSPS) is 16.2. The third kappa shape index (κ3) is 4.92. The first-order valence-electron chi connectivity index (χ1n) is 9.30. The molecule has 2 heterocycles. The monoisotopic (exact) mass is 442 g/mol. The molecule has 1 aliphatic heterocycles. The van der Waals surface area contributed by atoms with Gasteiger partial charge in [0.2, 0.25) is 5.91 Å². The van der Waals surface area contributed by atoms with Crippen molar-refractivity contribution in [3.63, 3.8) is 0 Å². The lowest BCUT2D eigenvalue weighted by atomic mass is 10.1. The van der Waals surface area contributed by atoms with E-state index in [2.05, 4.69) is 4.99 Å². The van der Waals surface area contributed by atoms with Crippen LogP contribution in [0.2, 0.25) is 0 Å². The van der Waals surface area contributed by atoms with Crippen molar-refractivity contribution in [2.24, 2.45) is 4.99 Å². The Morgan fingerprint density at radius 2 is 1.94 bits per heavy atom. The number of rotatable bonds is 6. The summed E-state index contributed by atoms with van der Waals surface area (Å²) in [6.45, 7) is 3.37. The Morgan fingerprint density at radius 1 is 1.23 bits per heavy atom. The molecule has 10 heteroatoms. The van der Waals surface area contributed by atoms with Crippen molar-refractivity contribution >= 4 is 40.4 Å². The third-order valence-corrected chi connectivity index (χ3v) is 5.18. The number of aliphatic hydroxyl groups is 1. The molecule has 1 amide bonds. The minimum atomic E-state index is -0.774. The van der Waals surface area contributed by atoms with Crippen LogP contribution in [-0.2, 0) is 14.3 Å². The molecule has 0 atom stereocenters. The van der Waals surface area contributed by atoms with Crippen molar-refractivity contribution in [1.29, 1.82) is 0 Å². The molecule has 0 fully saturated rings. The summed E-state index contributed by atoms with van der Waals surface area (Å²) in [6, 6.07) is 9.20. The maximum absolute atomic E-state index is 12.3. The summed E-state index contributed by atoms with van der Waals surface area (Å²) in [6.07, 6.45) is 1.66. The molecule has 1 aromatic carbocycles. The van der Waals surface area contributed by atoms with Crippen molar-refractivity contribution in [3.8, 4) is 11.3 Å². The molecule has 1 aliphatic rings. The Labute approximate surface area is 181 Å². The number of aliphatic imine (C=N–C) groups is 1. The molecule has 0 saturated heterocycles. The lowest BCUT2D eigenvalue weighted by Gasteiger charge is -2.02. The quantitative estimate of drug-likeness (QED) is 0.388. The second kappa shape index (κ2) is 9.43. The zero-order chi connectivity index (χ0) is 22.5. The molecule has 0 radical (unpaired) electrons. The number of hydrogen-bond donors (Lipinski definition) is 1. The van der Waals surface area contributed by atoms with Crippen LogP contribution in [0.5, 0.6) is 0 Å². The highest BCUT2D eigenvalue weighted by Crippen LogP contribution is 2.39. The van der Waals surface area contributed by atoms with E-state index in [0.717, 1.165) is 11.8 Å². The first-order valence-corrected chi connectivity index (χ1v) is 10.1. The maximum Gasteiger partial charge on any atom is 0.344 e. The van der Waals surface area contributed by atoms with Crippen LogP contribution in [0, 0.1) is 10.1 Å². The number of carbonyl (C=O) groups is 2. The summed E-state index contributed by atoms with van der Waals surface area (Å²) >= 11 is 0.960. The molecule has 0 bridgehead atoms. The number of ether oxygens (including phenoxy) is 1. The largest absolute Gasteiger partial charge is 0.506 e. The first-order chi connectivity index (χ1) is 14.8. The Bertz CT molecular complexity index is 1130. The van der Waals surface area contributed by atoms with Gasteiger partial charge in [-0.2, -0.15) is 0 Å². The summed E-state index contributed by atoms with van der Waals surface area (Å²) in [4.78, 5) is 38.5. The van der Waals surface area contributed by atoms with E-state index < -0.39 is 16.8 Å². The Morgan fingerprint density at radius 3 is 2.55 bits per heavy atom. The van der Waals surface area contributed by atoms with E-state index in [1.54, 1.807) is 38.1 Å². The molecular weight excluding hydrogens is 424 g/mol.